The quantitative estimate of drug-likeness (QED) is 0.727. The van der Waals surface area contributed by atoms with Gasteiger partial charge in [0.2, 0.25) is 0 Å². The Labute approximate surface area is 135 Å². The molecule has 2 aromatic heterocycles. The molecule has 0 spiro atoms. The number of para-hydroxylation sites is 1. The lowest BCUT2D eigenvalue weighted by Gasteiger charge is -2.21. The van der Waals surface area contributed by atoms with Crippen molar-refractivity contribution in [1.82, 2.24) is 19.9 Å². The van der Waals surface area contributed by atoms with Gasteiger partial charge in [0.15, 0.2) is 0 Å². The van der Waals surface area contributed by atoms with Crippen LogP contribution in [0.2, 0.25) is 0 Å². The first-order chi connectivity index (χ1) is 11.3. The van der Waals surface area contributed by atoms with Crippen molar-refractivity contribution in [3.05, 3.63) is 66.2 Å². The smallest absolute Gasteiger partial charge is 0.256 e. The van der Waals surface area contributed by atoms with E-state index < -0.39 is 0 Å². The van der Waals surface area contributed by atoms with Crippen LogP contribution in [0.25, 0.3) is 11.0 Å². The average molecular weight is 306 g/mol. The second-order valence-electron chi connectivity index (χ2n) is 5.22. The summed E-state index contributed by atoms with van der Waals surface area (Å²) in [6.45, 7) is 3.30. The van der Waals surface area contributed by atoms with Crippen LogP contribution in [0.15, 0.2) is 55.1 Å². The molecule has 0 fully saturated rings. The summed E-state index contributed by atoms with van der Waals surface area (Å²) in [4.78, 5) is 27.3. The fourth-order valence-electron chi connectivity index (χ4n) is 2.55. The Morgan fingerprint density at radius 3 is 2.61 bits per heavy atom. The van der Waals surface area contributed by atoms with Gasteiger partial charge >= 0.3 is 0 Å². The van der Waals surface area contributed by atoms with Crippen LogP contribution in [-0.4, -0.2) is 38.8 Å². The lowest BCUT2D eigenvalue weighted by molar-refractivity contribution is 0.0768. The molecule has 0 aliphatic heterocycles. The van der Waals surface area contributed by atoms with Gasteiger partial charge in [-0.2, -0.15) is 0 Å². The van der Waals surface area contributed by atoms with E-state index in [0.29, 0.717) is 24.2 Å². The molecule has 0 aliphatic rings. The van der Waals surface area contributed by atoms with Crippen LogP contribution < -0.4 is 0 Å². The first-order valence-corrected chi connectivity index (χ1v) is 7.67. The summed E-state index contributed by atoms with van der Waals surface area (Å²) in [6, 6.07) is 9.48. The predicted octanol–water partition coefficient (Wildman–Crippen LogP) is 2.73. The maximum absolute atomic E-state index is 12.9. The van der Waals surface area contributed by atoms with Crippen LogP contribution in [0, 0.1) is 0 Å². The van der Waals surface area contributed by atoms with Crippen molar-refractivity contribution >= 4 is 16.9 Å². The SMILES string of the molecule is CCN(CCc1ccncc1)C(=O)c1cccc2nccnc12. The first-order valence-electron chi connectivity index (χ1n) is 7.67. The predicted molar refractivity (Wildman–Crippen MR) is 89.1 cm³/mol. The lowest BCUT2D eigenvalue weighted by atomic mass is 10.1. The normalized spacial score (nSPS) is 10.7. The third-order valence-corrected chi connectivity index (χ3v) is 3.82. The third-order valence-electron chi connectivity index (χ3n) is 3.82. The topological polar surface area (TPSA) is 59.0 Å². The van der Waals surface area contributed by atoms with E-state index in [1.165, 1.54) is 5.56 Å². The number of carbonyl (C=O) groups is 1. The Kier molecular flexibility index (Phi) is 4.57. The Balaban J connectivity index is 1.81. The number of aromatic nitrogens is 3. The summed E-state index contributed by atoms with van der Waals surface area (Å²) >= 11 is 0. The van der Waals surface area contributed by atoms with Gasteiger partial charge in [0.1, 0.15) is 5.52 Å². The minimum absolute atomic E-state index is 0.00680. The number of hydrogen-bond donors (Lipinski definition) is 0. The van der Waals surface area contributed by atoms with Crippen molar-refractivity contribution in [2.45, 2.75) is 13.3 Å². The summed E-state index contributed by atoms with van der Waals surface area (Å²) in [5, 5.41) is 0. The van der Waals surface area contributed by atoms with Crippen LogP contribution in [0.5, 0.6) is 0 Å². The number of pyridine rings is 1. The zero-order chi connectivity index (χ0) is 16.1. The van der Waals surface area contributed by atoms with E-state index in [1.54, 1.807) is 24.8 Å². The Morgan fingerprint density at radius 1 is 1.04 bits per heavy atom. The van der Waals surface area contributed by atoms with Gasteiger partial charge in [-0.05, 0) is 43.2 Å². The zero-order valence-electron chi connectivity index (χ0n) is 13.0. The maximum atomic E-state index is 12.9. The van der Waals surface area contributed by atoms with Crippen LogP contribution in [-0.2, 0) is 6.42 Å². The summed E-state index contributed by atoms with van der Waals surface area (Å²) < 4.78 is 0. The molecule has 1 aromatic carbocycles. The first kappa shape index (κ1) is 15.1. The molecule has 0 radical (unpaired) electrons. The molecule has 0 atom stereocenters. The number of hydrogen-bond acceptors (Lipinski definition) is 4. The molecule has 3 rings (SSSR count). The lowest BCUT2D eigenvalue weighted by Crippen LogP contribution is -2.33. The fourth-order valence-corrected chi connectivity index (χ4v) is 2.55. The highest BCUT2D eigenvalue weighted by atomic mass is 16.2. The molecule has 5 nitrogen and oxygen atoms in total. The van der Waals surface area contributed by atoms with Gasteiger partial charge in [-0.15, -0.1) is 0 Å². The van der Waals surface area contributed by atoms with Crippen molar-refractivity contribution in [3.8, 4) is 0 Å². The molecule has 116 valence electrons. The molecule has 0 saturated heterocycles. The van der Waals surface area contributed by atoms with Crippen LogP contribution in [0.3, 0.4) is 0 Å². The van der Waals surface area contributed by atoms with Gasteiger partial charge in [-0.25, -0.2) is 0 Å². The number of benzene rings is 1. The van der Waals surface area contributed by atoms with Gasteiger partial charge in [0, 0.05) is 37.9 Å². The van der Waals surface area contributed by atoms with Crippen molar-refractivity contribution < 1.29 is 4.79 Å². The second kappa shape index (κ2) is 6.96. The van der Waals surface area contributed by atoms with Crippen LogP contribution >= 0.6 is 0 Å². The van der Waals surface area contributed by atoms with E-state index in [-0.39, 0.29) is 5.91 Å². The van der Waals surface area contributed by atoms with Gasteiger partial charge in [0.05, 0.1) is 11.1 Å². The molecule has 0 saturated carbocycles. The van der Waals surface area contributed by atoms with Crippen molar-refractivity contribution in [1.29, 1.82) is 0 Å². The summed E-state index contributed by atoms with van der Waals surface area (Å²) in [5.74, 6) is -0.00680. The highest BCUT2D eigenvalue weighted by Crippen LogP contribution is 2.16. The van der Waals surface area contributed by atoms with Crippen LogP contribution in [0.1, 0.15) is 22.8 Å². The Hall–Kier alpha value is -2.82. The van der Waals surface area contributed by atoms with E-state index in [4.69, 9.17) is 0 Å². The fraction of sp³-hybridized carbons (Fsp3) is 0.222. The number of likely N-dealkylation sites (N-methyl/N-ethyl adjacent to an activating group) is 1. The van der Waals surface area contributed by atoms with Crippen molar-refractivity contribution in [2.24, 2.45) is 0 Å². The van der Waals surface area contributed by atoms with Crippen molar-refractivity contribution in [2.75, 3.05) is 13.1 Å². The molecule has 3 aromatic rings. The standard InChI is InChI=1S/C18H18N4O/c1-2-22(13-8-14-6-9-19-10-7-14)18(23)15-4-3-5-16-17(15)21-12-11-20-16/h3-7,9-12H,2,8,13H2,1H3. The van der Waals surface area contributed by atoms with E-state index in [0.717, 1.165) is 11.9 Å². The van der Waals surface area contributed by atoms with Crippen LogP contribution in [0.4, 0.5) is 0 Å². The monoisotopic (exact) mass is 306 g/mol. The van der Waals surface area contributed by atoms with Gasteiger partial charge in [-0.1, -0.05) is 6.07 Å². The average Bonchev–Trinajstić information content (AvgIpc) is 2.62. The summed E-state index contributed by atoms with van der Waals surface area (Å²) in [7, 11) is 0. The maximum Gasteiger partial charge on any atom is 0.256 e. The van der Waals surface area contributed by atoms with Gasteiger partial charge in [0.25, 0.3) is 5.91 Å². The number of fused-ring (bicyclic) bond motifs is 1. The van der Waals surface area contributed by atoms with E-state index in [2.05, 4.69) is 15.0 Å². The highest BCUT2D eigenvalue weighted by molar-refractivity contribution is 6.04. The van der Waals surface area contributed by atoms with Crippen molar-refractivity contribution in [3.63, 3.8) is 0 Å². The third kappa shape index (κ3) is 3.34. The molecule has 2 heterocycles. The largest absolute Gasteiger partial charge is 0.339 e. The molecular formula is C18H18N4O. The molecule has 23 heavy (non-hydrogen) atoms. The molecule has 0 aliphatic carbocycles. The number of nitrogens with zero attached hydrogens (tertiary/aromatic N) is 4. The molecule has 5 heteroatoms. The number of rotatable bonds is 5. The molecule has 1 amide bonds. The molecular weight excluding hydrogens is 288 g/mol. The summed E-state index contributed by atoms with van der Waals surface area (Å²) in [6.07, 6.45) is 7.60. The number of amides is 1. The number of carbonyl (C=O) groups excluding carboxylic acids is 1. The second-order valence-corrected chi connectivity index (χ2v) is 5.22. The van der Waals surface area contributed by atoms with Gasteiger partial charge < -0.3 is 4.90 Å². The minimum Gasteiger partial charge on any atom is -0.339 e. The van der Waals surface area contributed by atoms with Gasteiger partial charge in [-0.3, -0.25) is 19.7 Å². The summed E-state index contributed by atoms with van der Waals surface area (Å²) in [5.41, 5.74) is 3.17. The zero-order valence-corrected chi connectivity index (χ0v) is 13.0. The Morgan fingerprint density at radius 2 is 1.83 bits per heavy atom. The minimum atomic E-state index is -0.00680. The molecule has 0 N–H and O–H groups in total. The van der Waals surface area contributed by atoms with E-state index in [9.17, 15) is 4.79 Å². The highest BCUT2D eigenvalue weighted by Gasteiger charge is 2.17. The Bertz CT molecular complexity index is 799. The van der Waals surface area contributed by atoms with E-state index >= 15 is 0 Å². The molecule has 0 unspecified atom stereocenters. The van der Waals surface area contributed by atoms with E-state index in [1.807, 2.05) is 42.2 Å². The molecule has 0 bridgehead atoms.